The zero-order valence-corrected chi connectivity index (χ0v) is 17.0. The third-order valence-electron chi connectivity index (χ3n) is 4.01. The number of benzene rings is 1. The zero-order chi connectivity index (χ0) is 19.4. The van der Waals surface area contributed by atoms with E-state index in [1.54, 1.807) is 20.8 Å². The number of thiazole rings is 1. The summed E-state index contributed by atoms with van der Waals surface area (Å²) in [6, 6.07) is 9.92. The predicted octanol–water partition coefficient (Wildman–Crippen LogP) is 4.91. The van der Waals surface area contributed by atoms with Gasteiger partial charge in [0.25, 0.3) is 0 Å². The van der Waals surface area contributed by atoms with Crippen LogP contribution in [0.1, 0.15) is 39.0 Å². The average molecular weight is 401 g/mol. The van der Waals surface area contributed by atoms with Gasteiger partial charge in [0.2, 0.25) is 0 Å². The molecule has 0 spiro atoms. The van der Waals surface area contributed by atoms with Gasteiger partial charge in [-0.25, -0.2) is 9.78 Å². The molecule has 5 nitrogen and oxygen atoms in total. The topological polar surface area (TPSA) is 72.1 Å². The quantitative estimate of drug-likeness (QED) is 0.347. The smallest absolute Gasteiger partial charge is 0.340 e. The van der Waals surface area contributed by atoms with Crippen LogP contribution in [-0.4, -0.2) is 34.1 Å². The minimum Gasteiger partial charge on any atom is -0.462 e. The highest BCUT2D eigenvalue weighted by molar-refractivity contribution is 8.01. The van der Waals surface area contributed by atoms with Crippen molar-refractivity contribution in [3.63, 3.8) is 0 Å². The fraction of sp³-hybridized carbons (Fsp3) is 0.250. The van der Waals surface area contributed by atoms with Crippen molar-refractivity contribution in [2.75, 3.05) is 12.4 Å². The van der Waals surface area contributed by atoms with Gasteiger partial charge in [-0.2, -0.15) is 0 Å². The molecule has 0 saturated carbocycles. The van der Waals surface area contributed by atoms with Crippen molar-refractivity contribution in [3.8, 4) is 11.3 Å². The largest absolute Gasteiger partial charge is 0.462 e. The van der Waals surface area contributed by atoms with Gasteiger partial charge < -0.3 is 9.72 Å². The minimum absolute atomic E-state index is 0.110. The molecule has 0 unspecified atom stereocenters. The molecule has 0 saturated heterocycles. The number of esters is 1. The lowest BCUT2D eigenvalue weighted by molar-refractivity contribution is 0.0522. The number of thioether (sulfide) groups is 1. The maximum atomic E-state index is 12.8. The first kappa shape index (κ1) is 19.4. The number of aromatic nitrogens is 2. The Morgan fingerprint density at radius 3 is 2.56 bits per heavy atom. The van der Waals surface area contributed by atoms with E-state index in [4.69, 9.17) is 4.74 Å². The van der Waals surface area contributed by atoms with Gasteiger partial charge in [-0.15, -0.1) is 11.3 Å². The van der Waals surface area contributed by atoms with Gasteiger partial charge in [-0.05, 0) is 20.8 Å². The molecule has 0 atom stereocenters. The second-order valence-electron chi connectivity index (χ2n) is 5.92. The van der Waals surface area contributed by atoms with E-state index in [0.29, 0.717) is 22.5 Å². The van der Waals surface area contributed by atoms with Crippen molar-refractivity contribution in [2.24, 2.45) is 0 Å². The normalized spacial score (nSPS) is 10.8. The van der Waals surface area contributed by atoms with Gasteiger partial charge in [-0.3, -0.25) is 4.79 Å². The summed E-state index contributed by atoms with van der Waals surface area (Å²) in [5, 5.41) is 1.98. The summed E-state index contributed by atoms with van der Waals surface area (Å²) in [4.78, 5) is 32.7. The Bertz CT molecular complexity index is 961. The van der Waals surface area contributed by atoms with Gasteiger partial charge in [0.1, 0.15) is 0 Å². The van der Waals surface area contributed by atoms with Crippen LogP contribution in [0.2, 0.25) is 0 Å². The summed E-state index contributed by atoms with van der Waals surface area (Å²) in [6.45, 7) is 5.59. The number of nitrogens with zero attached hydrogens (tertiary/aromatic N) is 1. The van der Waals surface area contributed by atoms with E-state index in [2.05, 4.69) is 9.97 Å². The SMILES string of the molecule is CCOC(=O)c1c(C)[nH]c(C)c1C(=O)CSc1nc(-c2ccccc2)cs1. The Morgan fingerprint density at radius 1 is 1.15 bits per heavy atom. The van der Waals surface area contributed by atoms with E-state index in [1.807, 2.05) is 35.7 Å². The second kappa shape index (κ2) is 8.54. The summed E-state index contributed by atoms with van der Waals surface area (Å²) < 4.78 is 5.92. The molecule has 0 radical (unpaired) electrons. The maximum absolute atomic E-state index is 12.8. The summed E-state index contributed by atoms with van der Waals surface area (Å²) in [6.07, 6.45) is 0. The van der Waals surface area contributed by atoms with Crippen molar-refractivity contribution in [1.29, 1.82) is 0 Å². The molecule has 7 heteroatoms. The van der Waals surface area contributed by atoms with Crippen molar-refractivity contribution in [2.45, 2.75) is 25.1 Å². The lowest BCUT2D eigenvalue weighted by Gasteiger charge is -2.05. The van der Waals surface area contributed by atoms with Gasteiger partial charge in [-0.1, -0.05) is 42.1 Å². The number of hydrogen-bond acceptors (Lipinski definition) is 6. The lowest BCUT2D eigenvalue weighted by atomic mass is 10.1. The molecule has 27 heavy (non-hydrogen) atoms. The Morgan fingerprint density at radius 2 is 1.85 bits per heavy atom. The van der Waals surface area contributed by atoms with Crippen LogP contribution in [0.25, 0.3) is 11.3 Å². The van der Waals surface area contributed by atoms with E-state index >= 15 is 0 Å². The number of carbonyl (C=O) groups is 2. The monoisotopic (exact) mass is 400 g/mol. The molecule has 3 rings (SSSR count). The fourth-order valence-corrected chi connectivity index (χ4v) is 4.56. The Balaban J connectivity index is 1.74. The van der Waals surface area contributed by atoms with Crippen LogP contribution in [0.3, 0.4) is 0 Å². The number of aryl methyl sites for hydroxylation is 2. The van der Waals surface area contributed by atoms with Crippen molar-refractivity contribution < 1.29 is 14.3 Å². The highest BCUT2D eigenvalue weighted by Crippen LogP contribution is 2.29. The Labute approximate surface area is 166 Å². The molecule has 1 N–H and O–H groups in total. The molecule has 3 aromatic rings. The molecular formula is C20H20N2O3S2. The van der Waals surface area contributed by atoms with Crippen molar-refractivity contribution in [3.05, 3.63) is 58.2 Å². The minimum atomic E-state index is -0.465. The first-order chi connectivity index (χ1) is 13.0. The van der Waals surface area contributed by atoms with Gasteiger partial charge in [0.15, 0.2) is 10.1 Å². The molecule has 0 aliphatic rings. The first-order valence-electron chi connectivity index (χ1n) is 8.54. The van der Waals surface area contributed by atoms with Crippen LogP contribution in [-0.2, 0) is 4.74 Å². The molecule has 0 aliphatic heterocycles. The highest BCUT2D eigenvalue weighted by atomic mass is 32.2. The first-order valence-corrected chi connectivity index (χ1v) is 10.4. The molecule has 0 amide bonds. The molecular weight excluding hydrogens is 380 g/mol. The van der Waals surface area contributed by atoms with Crippen LogP contribution in [0.15, 0.2) is 40.1 Å². The second-order valence-corrected chi connectivity index (χ2v) is 8.00. The predicted molar refractivity (Wildman–Crippen MR) is 109 cm³/mol. The number of carbonyl (C=O) groups excluding carboxylic acids is 2. The number of hydrogen-bond donors (Lipinski definition) is 1. The van der Waals surface area contributed by atoms with E-state index in [-0.39, 0.29) is 18.1 Å². The zero-order valence-electron chi connectivity index (χ0n) is 15.4. The van der Waals surface area contributed by atoms with Gasteiger partial charge in [0, 0.05) is 22.3 Å². The van der Waals surface area contributed by atoms with E-state index in [0.717, 1.165) is 15.6 Å². The Hall–Kier alpha value is -2.38. The maximum Gasteiger partial charge on any atom is 0.340 e. The molecule has 2 aromatic heterocycles. The van der Waals surface area contributed by atoms with Crippen molar-refractivity contribution in [1.82, 2.24) is 9.97 Å². The molecule has 1 aromatic carbocycles. The number of nitrogens with one attached hydrogen (secondary N) is 1. The fourth-order valence-electron chi connectivity index (χ4n) is 2.85. The van der Waals surface area contributed by atoms with Crippen LogP contribution in [0, 0.1) is 13.8 Å². The number of ether oxygens (including phenoxy) is 1. The number of ketones is 1. The van der Waals surface area contributed by atoms with E-state index in [1.165, 1.54) is 23.1 Å². The molecule has 0 aliphatic carbocycles. The molecule has 0 bridgehead atoms. The van der Waals surface area contributed by atoms with Crippen LogP contribution in [0.4, 0.5) is 0 Å². The van der Waals surface area contributed by atoms with Crippen LogP contribution in [0.5, 0.6) is 0 Å². The Kier molecular flexibility index (Phi) is 6.13. The molecule has 140 valence electrons. The summed E-state index contributed by atoms with van der Waals surface area (Å²) in [5.74, 6) is -0.360. The number of aromatic amines is 1. The number of H-pyrrole nitrogens is 1. The van der Waals surface area contributed by atoms with Gasteiger partial charge >= 0.3 is 5.97 Å². The standard InChI is InChI=1S/C20H20N2O3S2/c1-4-25-19(24)18-13(3)21-12(2)17(18)16(23)11-27-20-22-15(10-26-20)14-8-6-5-7-9-14/h5-10,21H,4,11H2,1-3H3. The summed E-state index contributed by atoms with van der Waals surface area (Å²) >= 11 is 2.89. The third kappa shape index (κ3) is 4.31. The third-order valence-corrected chi connectivity index (χ3v) is 6.03. The molecule has 2 heterocycles. The summed E-state index contributed by atoms with van der Waals surface area (Å²) in [5.41, 5.74) is 4.04. The number of rotatable bonds is 7. The number of Topliss-reactive ketones (excluding diaryl/α,β-unsaturated/α-hetero) is 1. The summed E-state index contributed by atoms with van der Waals surface area (Å²) in [7, 11) is 0. The molecule has 0 fully saturated rings. The lowest BCUT2D eigenvalue weighted by Crippen LogP contribution is -2.13. The average Bonchev–Trinajstić information content (AvgIpc) is 3.24. The van der Waals surface area contributed by atoms with E-state index in [9.17, 15) is 9.59 Å². The van der Waals surface area contributed by atoms with Gasteiger partial charge in [0.05, 0.1) is 29.2 Å². The van der Waals surface area contributed by atoms with Crippen LogP contribution >= 0.6 is 23.1 Å². The van der Waals surface area contributed by atoms with Crippen molar-refractivity contribution >= 4 is 34.9 Å². The van der Waals surface area contributed by atoms with E-state index < -0.39 is 5.97 Å². The highest BCUT2D eigenvalue weighted by Gasteiger charge is 2.25. The van der Waals surface area contributed by atoms with Crippen LogP contribution < -0.4 is 0 Å².